The molecule has 0 radical (unpaired) electrons. The van der Waals surface area contributed by atoms with Crippen molar-refractivity contribution in [3.63, 3.8) is 0 Å². The normalized spacial score (nSPS) is 11.0. The van der Waals surface area contributed by atoms with Gasteiger partial charge >= 0.3 is 7.05 Å². The van der Waals surface area contributed by atoms with Gasteiger partial charge in [0.15, 0.2) is 0 Å². The van der Waals surface area contributed by atoms with E-state index in [0.29, 0.717) is 0 Å². The SMILES string of the molecule is NS(=O)(=O)c1ccc(B(O)N=O)cc1. The second-order valence-electron chi connectivity index (χ2n) is 2.59. The van der Waals surface area contributed by atoms with Crippen LogP contribution in [0.5, 0.6) is 0 Å². The van der Waals surface area contributed by atoms with Gasteiger partial charge in [0.1, 0.15) is 0 Å². The quantitative estimate of drug-likeness (QED) is 0.485. The Morgan fingerprint density at radius 2 is 1.79 bits per heavy atom. The van der Waals surface area contributed by atoms with Crippen molar-refractivity contribution in [2.75, 3.05) is 0 Å². The number of hydrogen-bond acceptors (Lipinski definition) is 5. The van der Waals surface area contributed by atoms with Gasteiger partial charge in [0, 0.05) is 0 Å². The highest BCUT2D eigenvalue weighted by Crippen LogP contribution is 2.03. The molecule has 6 nitrogen and oxygen atoms in total. The van der Waals surface area contributed by atoms with Crippen LogP contribution in [0.2, 0.25) is 0 Å². The average Bonchev–Trinajstić information content (AvgIpc) is 2.15. The molecule has 14 heavy (non-hydrogen) atoms. The fraction of sp³-hybridized carbons (Fsp3) is 0. The summed E-state index contributed by atoms with van der Waals surface area (Å²) in [6, 6.07) is 4.93. The van der Waals surface area contributed by atoms with Gasteiger partial charge in [0.25, 0.3) is 0 Å². The molecule has 3 N–H and O–H groups in total. The summed E-state index contributed by atoms with van der Waals surface area (Å²) in [5.74, 6) is 0. The van der Waals surface area contributed by atoms with E-state index in [-0.39, 0.29) is 10.4 Å². The molecule has 0 heterocycles. The number of nitrogens with two attached hydrogens (primary N) is 1. The molecule has 1 aromatic rings. The van der Waals surface area contributed by atoms with E-state index in [2.05, 4.69) is 5.09 Å². The summed E-state index contributed by atoms with van der Waals surface area (Å²) in [5.41, 5.74) is 0.215. The van der Waals surface area contributed by atoms with Crippen LogP contribution in [0.25, 0.3) is 0 Å². The molecule has 0 aromatic heterocycles. The zero-order valence-corrected chi connectivity index (χ0v) is 7.81. The van der Waals surface area contributed by atoms with Gasteiger partial charge in [-0.05, 0) is 17.6 Å². The van der Waals surface area contributed by atoms with Gasteiger partial charge in [-0.3, -0.25) is 0 Å². The number of primary sulfonamides is 1. The molecule has 0 saturated heterocycles. The van der Waals surface area contributed by atoms with E-state index in [9.17, 15) is 13.3 Å². The average molecular weight is 214 g/mol. The molecule has 0 fully saturated rings. The second kappa shape index (κ2) is 3.87. The van der Waals surface area contributed by atoms with Crippen molar-refractivity contribution in [1.29, 1.82) is 0 Å². The maximum absolute atomic E-state index is 10.8. The van der Waals surface area contributed by atoms with Crippen molar-refractivity contribution in [1.82, 2.24) is 0 Å². The molecule has 0 saturated carbocycles. The van der Waals surface area contributed by atoms with E-state index in [4.69, 9.17) is 10.2 Å². The lowest BCUT2D eigenvalue weighted by Crippen LogP contribution is -2.27. The summed E-state index contributed by atoms with van der Waals surface area (Å²) in [5, 5.41) is 16.2. The van der Waals surface area contributed by atoms with Crippen molar-refractivity contribution < 1.29 is 13.4 Å². The predicted octanol–water partition coefficient (Wildman–Crippen LogP) is -1.21. The molecule has 0 atom stereocenters. The highest BCUT2D eigenvalue weighted by Gasteiger charge is 2.16. The molecular weight excluding hydrogens is 207 g/mol. The Balaban J connectivity index is 3.07. The highest BCUT2D eigenvalue weighted by atomic mass is 32.2. The van der Waals surface area contributed by atoms with Crippen molar-refractivity contribution in [3.05, 3.63) is 29.2 Å². The summed E-state index contributed by atoms with van der Waals surface area (Å²) in [6.07, 6.45) is 0. The fourth-order valence-corrected chi connectivity index (χ4v) is 1.41. The second-order valence-corrected chi connectivity index (χ2v) is 4.15. The molecule has 0 aliphatic carbocycles. The van der Waals surface area contributed by atoms with Crippen LogP contribution >= 0.6 is 0 Å². The number of nitrogens with zero attached hydrogens (tertiary/aromatic N) is 1. The van der Waals surface area contributed by atoms with E-state index in [1.54, 1.807) is 0 Å². The topological polar surface area (TPSA) is 110 Å². The zero-order valence-electron chi connectivity index (χ0n) is 6.99. The largest absolute Gasteiger partial charge is 0.517 e. The fourth-order valence-electron chi connectivity index (χ4n) is 0.890. The Hall–Kier alpha value is -1.25. The summed E-state index contributed by atoms with van der Waals surface area (Å²) >= 11 is 0. The van der Waals surface area contributed by atoms with Gasteiger partial charge in [-0.1, -0.05) is 17.2 Å². The first kappa shape index (κ1) is 10.8. The van der Waals surface area contributed by atoms with E-state index in [1.807, 2.05) is 0 Å². The third-order valence-electron chi connectivity index (χ3n) is 1.61. The molecule has 74 valence electrons. The van der Waals surface area contributed by atoms with Crippen LogP contribution in [0.4, 0.5) is 0 Å². The molecule has 0 unspecified atom stereocenters. The summed E-state index contributed by atoms with van der Waals surface area (Å²) in [4.78, 5) is 9.86. The number of benzene rings is 1. The maximum atomic E-state index is 10.8. The summed E-state index contributed by atoms with van der Waals surface area (Å²) in [7, 11) is -5.22. The third kappa shape index (κ3) is 2.38. The van der Waals surface area contributed by atoms with E-state index < -0.39 is 17.1 Å². The first-order valence-corrected chi connectivity index (χ1v) is 5.13. The Kier molecular flexibility index (Phi) is 2.99. The van der Waals surface area contributed by atoms with Gasteiger partial charge in [-0.15, -0.1) is 0 Å². The first-order chi connectivity index (χ1) is 6.45. The minimum absolute atomic E-state index is 0.0839. The smallest absolute Gasteiger partial charge is 0.425 e. The minimum Gasteiger partial charge on any atom is -0.425 e. The molecule has 1 aromatic carbocycles. The molecule has 0 bridgehead atoms. The lowest BCUT2D eigenvalue weighted by molar-refractivity contribution is 0.587. The molecule has 0 aliphatic heterocycles. The Bertz CT molecular complexity index is 430. The summed E-state index contributed by atoms with van der Waals surface area (Å²) in [6.45, 7) is 0. The molecule has 0 aliphatic rings. The van der Waals surface area contributed by atoms with E-state index in [0.717, 1.165) is 0 Å². The molecule has 1 rings (SSSR count). The van der Waals surface area contributed by atoms with E-state index >= 15 is 0 Å². The molecule has 0 amide bonds. The number of hydrogen-bond donors (Lipinski definition) is 2. The molecule has 8 heteroatoms. The van der Waals surface area contributed by atoms with Crippen LogP contribution in [0.15, 0.2) is 34.2 Å². The van der Waals surface area contributed by atoms with Crippen LogP contribution in [0.3, 0.4) is 0 Å². The first-order valence-electron chi connectivity index (χ1n) is 3.58. The highest BCUT2D eigenvalue weighted by molar-refractivity contribution is 7.89. The lowest BCUT2D eigenvalue weighted by Gasteiger charge is -2.00. The number of nitroso groups, excluding NO2 is 1. The van der Waals surface area contributed by atoms with E-state index in [1.165, 1.54) is 24.3 Å². The monoisotopic (exact) mass is 214 g/mol. The van der Waals surface area contributed by atoms with Crippen molar-refractivity contribution in [2.45, 2.75) is 4.90 Å². The van der Waals surface area contributed by atoms with Gasteiger partial charge < -0.3 is 5.02 Å². The van der Waals surface area contributed by atoms with Crippen LogP contribution in [0.1, 0.15) is 0 Å². The lowest BCUT2D eigenvalue weighted by atomic mass is 9.76. The van der Waals surface area contributed by atoms with Gasteiger partial charge in [0.05, 0.1) is 4.90 Å². The van der Waals surface area contributed by atoms with Crippen molar-refractivity contribution >= 4 is 22.5 Å². The Morgan fingerprint density at radius 1 is 1.29 bits per heavy atom. The Labute approximate surface area is 80.9 Å². The van der Waals surface area contributed by atoms with Crippen molar-refractivity contribution in [3.8, 4) is 0 Å². The minimum atomic E-state index is -3.74. The molecular formula is C6H7BN2O4S. The maximum Gasteiger partial charge on any atom is 0.517 e. The predicted molar refractivity (Wildman–Crippen MR) is 51.2 cm³/mol. The van der Waals surface area contributed by atoms with Crippen molar-refractivity contribution in [2.24, 2.45) is 10.2 Å². The van der Waals surface area contributed by atoms with Crippen LogP contribution in [0, 0.1) is 4.91 Å². The zero-order chi connectivity index (χ0) is 10.8. The van der Waals surface area contributed by atoms with Crippen LogP contribution < -0.4 is 10.6 Å². The standard InChI is InChI=1S/C6H7BN2O4S/c8-14(12,13)6-3-1-5(2-4-6)7(10)9-11/h1-4,10H,(H2,8,12,13). The number of sulfonamides is 1. The third-order valence-corrected chi connectivity index (χ3v) is 2.54. The van der Waals surface area contributed by atoms with Crippen LogP contribution in [-0.4, -0.2) is 20.5 Å². The van der Waals surface area contributed by atoms with Crippen LogP contribution in [-0.2, 0) is 10.0 Å². The Morgan fingerprint density at radius 3 is 2.14 bits per heavy atom. The van der Waals surface area contributed by atoms with Gasteiger partial charge in [-0.25, -0.2) is 13.6 Å². The summed E-state index contributed by atoms with van der Waals surface area (Å²) < 4.78 is 21.6. The molecule has 0 spiro atoms. The van der Waals surface area contributed by atoms with Gasteiger partial charge in [0.2, 0.25) is 10.0 Å². The van der Waals surface area contributed by atoms with Gasteiger partial charge in [-0.2, -0.15) is 4.91 Å². The number of rotatable bonds is 3.